The van der Waals surface area contributed by atoms with Crippen LogP contribution < -0.4 is 10.8 Å². The van der Waals surface area contributed by atoms with Crippen molar-refractivity contribution >= 4 is 5.97 Å². The van der Waals surface area contributed by atoms with E-state index in [1.807, 2.05) is 0 Å². The number of hydroxylamine groups is 1. The van der Waals surface area contributed by atoms with Crippen LogP contribution in [0.4, 0.5) is 0 Å². The number of rotatable bonds is 16. The average Bonchev–Trinajstić information content (AvgIpc) is 2.43. The van der Waals surface area contributed by atoms with Crippen molar-refractivity contribution in [3.8, 4) is 0 Å². The molecule has 0 aromatic carbocycles. The Bertz CT molecular complexity index is 215. The zero-order valence-corrected chi connectivity index (χ0v) is 12.4. The lowest BCUT2D eigenvalue weighted by atomic mass is 10.1. The van der Waals surface area contributed by atoms with Crippen molar-refractivity contribution in [1.29, 1.82) is 0 Å². The summed E-state index contributed by atoms with van der Waals surface area (Å²) in [5, 5.41) is 19.9. The SMILES string of the molecule is O=C(O)CCCCNCCCCCCCCCNOO. The summed E-state index contributed by atoms with van der Waals surface area (Å²) in [6, 6.07) is 0. The molecule has 0 radical (unpaired) electrons. The molecule has 6 heteroatoms. The van der Waals surface area contributed by atoms with E-state index in [2.05, 4.69) is 15.8 Å². The fourth-order valence-corrected chi connectivity index (χ4v) is 2.03. The number of unbranched alkanes of at least 4 members (excludes halogenated alkanes) is 7. The van der Waals surface area contributed by atoms with Crippen LogP contribution in [0.5, 0.6) is 0 Å². The number of carboxylic acid groups (broad SMARTS) is 1. The van der Waals surface area contributed by atoms with E-state index in [4.69, 9.17) is 10.4 Å². The third-order valence-corrected chi connectivity index (χ3v) is 3.19. The molecule has 0 aromatic heterocycles. The van der Waals surface area contributed by atoms with E-state index < -0.39 is 5.97 Å². The molecular weight excluding hydrogens is 260 g/mol. The van der Waals surface area contributed by atoms with Crippen LogP contribution in [0, 0.1) is 0 Å². The fraction of sp³-hybridized carbons (Fsp3) is 0.929. The molecular formula is C14H30N2O4. The van der Waals surface area contributed by atoms with Gasteiger partial charge in [0.1, 0.15) is 0 Å². The molecule has 0 heterocycles. The zero-order chi connectivity index (χ0) is 14.9. The molecule has 120 valence electrons. The van der Waals surface area contributed by atoms with Crippen LogP contribution in [0.15, 0.2) is 0 Å². The highest BCUT2D eigenvalue weighted by atomic mass is 17.2. The van der Waals surface area contributed by atoms with Gasteiger partial charge in [0.25, 0.3) is 0 Å². The van der Waals surface area contributed by atoms with Gasteiger partial charge < -0.3 is 10.4 Å². The minimum Gasteiger partial charge on any atom is -0.481 e. The van der Waals surface area contributed by atoms with Crippen LogP contribution in [0.1, 0.15) is 64.2 Å². The Morgan fingerprint density at radius 2 is 1.30 bits per heavy atom. The summed E-state index contributed by atoms with van der Waals surface area (Å²) in [5.74, 6) is -0.704. The highest BCUT2D eigenvalue weighted by molar-refractivity contribution is 5.66. The molecule has 0 rings (SSSR count). The molecule has 0 spiro atoms. The molecule has 0 atom stereocenters. The Morgan fingerprint density at radius 3 is 1.85 bits per heavy atom. The molecule has 0 bridgehead atoms. The van der Waals surface area contributed by atoms with Gasteiger partial charge in [-0.1, -0.05) is 32.1 Å². The number of carboxylic acids is 1. The molecule has 4 N–H and O–H groups in total. The number of nitrogens with one attached hydrogen (secondary N) is 2. The maximum Gasteiger partial charge on any atom is 0.303 e. The van der Waals surface area contributed by atoms with Gasteiger partial charge in [-0.25, -0.2) is 5.26 Å². The summed E-state index contributed by atoms with van der Waals surface area (Å²) >= 11 is 0. The first-order valence-corrected chi connectivity index (χ1v) is 7.73. The van der Waals surface area contributed by atoms with Crippen LogP contribution in [0.25, 0.3) is 0 Å². The van der Waals surface area contributed by atoms with Gasteiger partial charge >= 0.3 is 5.97 Å². The van der Waals surface area contributed by atoms with Crippen molar-refractivity contribution < 1.29 is 20.1 Å². The lowest BCUT2D eigenvalue weighted by Gasteiger charge is -2.04. The van der Waals surface area contributed by atoms with Gasteiger partial charge in [-0.15, -0.1) is 4.99 Å². The van der Waals surface area contributed by atoms with E-state index in [9.17, 15) is 4.79 Å². The molecule has 0 fully saturated rings. The first-order valence-electron chi connectivity index (χ1n) is 7.73. The monoisotopic (exact) mass is 290 g/mol. The summed E-state index contributed by atoms with van der Waals surface area (Å²) in [5.41, 5.74) is 2.41. The summed E-state index contributed by atoms with van der Waals surface area (Å²) in [7, 11) is 0. The van der Waals surface area contributed by atoms with Crippen molar-refractivity contribution in [3.05, 3.63) is 0 Å². The van der Waals surface area contributed by atoms with Gasteiger partial charge in [0.05, 0.1) is 0 Å². The van der Waals surface area contributed by atoms with Crippen LogP contribution in [0.3, 0.4) is 0 Å². The van der Waals surface area contributed by atoms with Crippen molar-refractivity contribution in [1.82, 2.24) is 10.8 Å². The Kier molecular flexibility index (Phi) is 15.8. The van der Waals surface area contributed by atoms with E-state index in [0.717, 1.165) is 38.8 Å². The van der Waals surface area contributed by atoms with Gasteiger partial charge in [-0.3, -0.25) is 4.79 Å². The van der Waals surface area contributed by atoms with Gasteiger partial charge in [-0.2, -0.15) is 5.48 Å². The van der Waals surface area contributed by atoms with Gasteiger partial charge in [0.2, 0.25) is 0 Å². The summed E-state index contributed by atoms with van der Waals surface area (Å²) in [6.45, 7) is 2.65. The first-order chi connectivity index (χ1) is 9.77. The summed E-state index contributed by atoms with van der Waals surface area (Å²) in [6.07, 6.45) is 10.4. The third-order valence-electron chi connectivity index (χ3n) is 3.19. The minimum absolute atomic E-state index is 0.279. The highest BCUT2D eigenvalue weighted by Gasteiger charge is 1.96. The van der Waals surface area contributed by atoms with E-state index in [1.165, 1.54) is 32.1 Å². The van der Waals surface area contributed by atoms with Crippen molar-refractivity contribution in [2.45, 2.75) is 64.2 Å². The summed E-state index contributed by atoms with van der Waals surface area (Å²) < 4.78 is 0. The third kappa shape index (κ3) is 17.3. The standard InChI is InChI=1S/C14H30N2O4/c17-14(18)10-6-9-12-15-11-7-4-2-1-3-5-8-13-16-20-19/h15-16,19H,1-13H2,(H,17,18). The molecule has 6 nitrogen and oxygen atoms in total. The van der Waals surface area contributed by atoms with Crippen molar-refractivity contribution in [3.63, 3.8) is 0 Å². The second-order valence-corrected chi connectivity index (χ2v) is 5.06. The minimum atomic E-state index is -0.704. The normalized spacial score (nSPS) is 10.8. The molecule has 0 unspecified atom stereocenters. The van der Waals surface area contributed by atoms with Crippen LogP contribution in [0.2, 0.25) is 0 Å². The molecule has 0 saturated heterocycles. The first kappa shape index (κ1) is 19.3. The smallest absolute Gasteiger partial charge is 0.303 e. The maximum atomic E-state index is 10.3. The molecule has 0 saturated carbocycles. The summed E-state index contributed by atoms with van der Waals surface area (Å²) in [4.78, 5) is 14.1. The number of aliphatic carboxylic acids is 1. The lowest BCUT2D eigenvalue weighted by Crippen LogP contribution is -2.16. The Morgan fingerprint density at radius 1 is 0.800 bits per heavy atom. The van der Waals surface area contributed by atoms with Gasteiger partial charge in [0.15, 0.2) is 0 Å². The second-order valence-electron chi connectivity index (χ2n) is 5.06. The predicted molar refractivity (Wildman–Crippen MR) is 78.4 cm³/mol. The topological polar surface area (TPSA) is 90.8 Å². The van der Waals surface area contributed by atoms with E-state index in [0.29, 0.717) is 6.54 Å². The van der Waals surface area contributed by atoms with Crippen molar-refractivity contribution in [2.75, 3.05) is 19.6 Å². The maximum absolute atomic E-state index is 10.3. The number of hydrogen-bond acceptors (Lipinski definition) is 5. The Hall–Kier alpha value is -0.690. The van der Waals surface area contributed by atoms with Crippen LogP contribution in [-0.4, -0.2) is 36.0 Å². The average molecular weight is 290 g/mol. The predicted octanol–water partition coefficient (Wildman–Crippen LogP) is 2.56. The molecule has 0 aliphatic carbocycles. The van der Waals surface area contributed by atoms with E-state index >= 15 is 0 Å². The molecule has 0 aliphatic rings. The molecule has 20 heavy (non-hydrogen) atoms. The zero-order valence-electron chi connectivity index (χ0n) is 12.4. The van der Waals surface area contributed by atoms with Crippen LogP contribution in [-0.2, 0) is 9.78 Å². The molecule has 0 amide bonds. The molecule has 0 aliphatic heterocycles. The highest BCUT2D eigenvalue weighted by Crippen LogP contribution is 2.06. The Balaban J connectivity index is 2.94. The van der Waals surface area contributed by atoms with Crippen molar-refractivity contribution in [2.24, 2.45) is 0 Å². The second kappa shape index (κ2) is 16.4. The Labute approximate surface area is 121 Å². The molecule has 0 aromatic rings. The quantitative estimate of drug-likeness (QED) is 0.198. The fourth-order valence-electron chi connectivity index (χ4n) is 2.03. The van der Waals surface area contributed by atoms with Crippen LogP contribution >= 0.6 is 0 Å². The lowest BCUT2D eigenvalue weighted by molar-refractivity contribution is -0.291. The number of carbonyl (C=O) groups is 1. The number of hydrogen-bond donors (Lipinski definition) is 4. The van der Waals surface area contributed by atoms with Gasteiger partial charge in [-0.05, 0) is 38.8 Å². The van der Waals surface area contributed by atoms with E-state index in [1.54, 1.807) is 0 Å². The largest absolute Gasteiger partial charge is 0.481 e. The van der Waals surface area contributed by atoms with E-state index in [-0.39, 0.29) is 6.42 Å². The van der Waals surface area contributed by atoms with Gasteiger partial charge in [0, 0.05) is 13.0 Å².